The molecule has 2 saturated heterocycles. The zero-order valence-electron chi connectivity index (χ0n) is 11.0. The van der Waals surface area contributed by atoms with Crippen molar-refractivity contribution in [3.63, 3.8) is 0 Å². The zero-order valence-corrected chi connectivity index (χ0v) is 11.0. The fourth-order valence-corrected chi connectivity index (χ4v) is 2.68. The zero-order chi connectivity index (χ0) is 14.0. The highest BCUT2D eigenvalue weighted by molar-refractivity contribution is 5.87. The van der Waals surface area contributed by atoms with E-state index in [0.717, 1.165) is 18.9 Å². The lowest BCUT2D eigenvalue weighted by Crippen LogP contribution is -2.50. The maximum atomic E-state index is 13.1. The first-order valence-electron chi connectivity index (χ1n) is 6.80. The second-order valence-corrected chi connectivity index (χ2v) is 5.01. The van der Waals surface area contributed by atoms with Crippen molar-refractivity contribution < 1.29 is 23.4 Å². The Labute approximate surface area is 116 Å². The summed E-state index contributed by atoms with van der Waals surface area (Å²) in [6.07, 6.45) is 3.86. The number of esters is 1. The second-order valence-electron chi connectivity index (χ2n) is 5.01. The number of pyridine rings is 1. The molecule has 0 saturated carbocycles. The molecule has 1 spiro atoms. The summed E-state index contributed by atoms with van der Waals surface area (Å²) in [6.45, 7) is 1.21. The first kappa shape index (κ1) is 13.5. The number of ether oxygens (including phenoxy) is 3. The maximum Gasteiger partial charge on any atom is 0.357 e. The molecule has 2 aliphatic heterocycles. The van der Waals surface area contributed by atoms with Crippen LogP contribution >= 0.6 is 0 Å². The van der Waals surface area contributed by atoms with Crippen LogP contribution < -0.4 is 0 Å². The molecule has 0 bridgehead atoms. The molecule has 2 fully saturated rings. The lowest BCUT2D eigenvalue weighted by Gasteiger charge is -2.39. The van der Waals surface area contributed by atoms with Crippen molar-refractivity contribution in [2.75, 3.05) is 13.2 Å². The second kappa shape index (κ2) is 5.46. The lowest BCUT2D eigenvalue weighted by molar-refractivity contribution is -0.277. The molecular formula is C14H16FNO4. The van der Waals surface area contributed by atoms with Crippen molar-refractivity contribution in [3.05, 3.63) is 29.8 Å². The van der Waals surface area contributed by atoms with Gasteiger partial charge in [-0.2, -0.15) is 0 Å². The number of nitrogens with zero attached hydrogens (tertiary/aromatic N) is 1. The van der Waals surface area contributed by atoms with E-state index in [9.17, 15) is 9.18 Å². The van der Waals surface area contributed by atoms with Gasteiger partial charge >= 0.3 is 5.97 Å². The van der Waals surface area contributed by atoms with E-state index < -0.39 is 23.7 Å². The fraction of sp³-hybridized carbons (Fsp3) is 0.571. The van der Waals surface area contributed by atoms with Gasteiger partial charge < -0.3 is 14.2 Å². The molecule has 0 N–H and O–H groups in total. The summed E-state index contributed by atoms with van der Waals surface area (Å²) in [4.78, 5) is 15.9. The first-order valence-corrected chi connectivity index (χ1v) is 6.80. The van der Waals surface area contributed by atoms with Gasteiger partial charge in [0.2, 0.25) is 5.79 Å². The molecule has 0 amide bonds. The SMILES string of the molecule is O=C(OC1CCCOC12CCCO2)c1cc(F)ccn1. The molecule has 3 heterocycles. The van der Waals surface area contributed by atoms with Crippen LogP contribution in [0.15, 0.2) is 18.3 Å². The van der Waals surface area contributed by atoms with Crippen LogP contribution in [0, 0.1) is 5.82 Å². The van der Waals surface area contributed by atoms with E-state index in [1.54, 1.807) is 0 Å². The molecule has 2 unspecified atom stereocenters. The molecule has 108 valence electrons. The highest BCUT2D eigenvalue weighted by Gasteiger charge is 2.48. The number of halogens is 1. The van der Waals surface area contributed by atoms with Gasteiger partial charge in [0, 0.05) is 18.7 Å². The van der Waals surface area contributed by atoms with Gasteiger partial charge in [0.25, 0.3) is 0 Å². The molecule has 20 heavy (non-hydrogen) atoms. The molecule has 3 rings (SSSR count). The van der Waals surface area contributed by atoms with Gasteiger partial charge in [0.05, 0.1) is 13.2 Å². The van der Waals surface area contributed by atoms with Crippen LogP contribution in [0.2, 0.25) is 0 Å². The number of aromatic nitrogens is 1. The molecule has 5 nitrogen and oxygen atoms in total. The number of carbonyl (C=O) groups is 1. The van der Waals surface area contributed by atoms with Gasteiger partial charge in [0.1, 0.15) is 5.82 Å². The summed E-state index contributed by atoms with van der Waals surface area (Å²) in [5, 5.41) is 0. The Hall–Kier alpha value is -1.53. The van der Waals surface area contributed by atoms with Gasteiger partial charge in [-0.25, -0.2) is 14.2 Å². The van der Waals surface area contributed by atoms with Crippen molar-refractivity contribution in [2.45, 2.75) is 37.6 Å². The molecule has 1 aromatic heterocycles. The summed E-state index contributed by atoms with van der Waals surface area (Å²) in [6, 6.07) is 2.25. The van der Waals surface area contributed by atoms with Crippen LogP contribution in [0.3, 0.4) is 0 Å². The van der Waals surface area contributed by atoms with E-state index in [0.29, 0.717) is 26.1 Å². The molecule has 2 aliphatic rings. The molecule has 2 atom stereocenters. The maximum absolute atomic E-state index is 13.1. The topological polar surface area (TPSA) is 57.7 Å². The van der Waals surface area contributed by atoms with Crippen LogP contribution in [-0.4, -0.2) is 36.1 Å². The quantitative estimate of drug-likeness (QED) is 0.777. The molecule has 6 heteroatoms. The van der Waals surface area contributed by atoms with E-state index in [2.05, 4.69) is 4.98 Å². The molecule has 1 aromatic rings. The van der Waals surface area contributed by atoms with E-state index in [1.165, 1.54) is 12.3 Å². The summed E-state index contributed by atoms with van der Waals surface area (Å²) in [5.41, 5.74) is -0.0382. The van der Waals surface area contributed by atoms with Crippen LogP contribution in [0.25, 0.3) is 0 Å². The smallest absolute Gasteiger partial charge is 0.357 e. The van der Waals surface area contributed by atoms with E-state index in [-0.39, 0.29) is 5.69 Å². The van der Waals surface area contributed by atoms with E-state index in [4.69, 9.17) is 14.2 Å². The standard InChI is InChI=1S/C14H16FNO4/c15-10-4-6-16-11(9-10)13(17)20-12-3-1-7-18-14(12)5-2-8-19-14/h4,6,9,12H,1-3,5,7-8H2. The number of hydrogen-bond acceptors (Lipinski definition) is 5. The van der Waals surface area contributed by atoms with E-state index in [1.807, 2.05) is 0 Å². The average molecular weight is 281 g/mol. The van der Waals surface area contributed by atoms with Crippen LogP contribution in [-0.2, 0) is 14.2 Å². The van der Waals surface area contributed by atoms with Gasteiger partial charge in [-0.15, -0.1) is 0 Å². The Bertz CT molecular complexity index is 502. The fourth-order valence-electron chi connectivity index (χ4n) is 2.68. The largest absolute Gasteiger partial charge is 0.452 e. The predicted octanol–water partition coefficient (Wildman–Crippen LogP) is 2.06. The first-order chi connectivity index (χ1) is 9.70. The summed E-state index contributed by atoms with van der Waals surface area (Å²) in [5.74, 6) is -1.98. The van der Waals surface area contributed by atoms with Gasteiger partial charge in [0.15, 0.2) is 11.8 Å². The minimum atomic E-state index is -0.818. The van der Waals surface area contributed by atoms with Crippen molar-refractivity contribution in [1.82, 2.24) is 4.98 Å². The van der Waals surface area contributed by atoms with Crippen LogP contribution in [0.1, 0.15) is 36.2 Å². The number of carbonyl (C=O) groups excluding carboxylic acids is 1. The van der Waals surface area contributed by atoms with Crippen LogP contribution in [0.4, 0.5) is 4.39 Å². The third kappa shape index (κ3) is 2.53. The monoisotopic (exact) mass is 281 g/mol. The molecular weight excluding hydrogens is 265 g/mol. The Morgan fingerprint density at radius 3 is 2.95 bits per heavy atom. The minimum Gasteiger partial charge on any atom is -0.452 e. The highest BCUT2D eigenvalue weighted by atomic mass is 19.1. The van der Waals surface area contributed by atoms with Crippen molar-refractivity contribution >= 4 is 5.97 Å². The third-order valence-electron chi connectivity index (χ3n) is 3.64. The van der Waals surface area contributed by atoms with Crippen molar-refractivity contribution in [2.24, 2.45) is 0 Å². The lowest BCUT2D eigenvalue weighted by atomic mass is 9.99. The Kier molecular flexibility index (Phi) is 3.67. The van der Waals surface area contributed by atoms with E-state index >= 15 is 0 Å². The third-order valence-corrected chi connectivity index (χ3v) is 3.64. The Morgan fingerprint density at radius 2 is 2.20 bits per heavy atom. The summed E-state index contributed by atoms with van der Waals surface area (Å²) >= 11 is 0. The van der Waals surface area contributed by atoms with Crippen molar-refractivity contribution in [3.8, 4) is 0 Å². The normalized spacial score (nSPS) is 29.6. The predicted molar refractivity (Wildman–Crippen MR) is 66.5 cm³/mol. The summed E-state index contributed by atoms with van der Waals surface area (Å²) < 4.78 is 29.9. The molecule has 0 aromatic carbocycles. The number of hydrogen-bond donors (Lipinski definition) is 0. The number of rotatable bonds is 2. The molecule has 0 aliphatic carbocycles. The van der Waals surface area contributed by atoms with Gasteiger partial charge in [-0.1, -0.05) is 0 Å². The summed E-state index contributed by atoms with van der Waals surface area (Å²) in [7, 11) is 0. The van der Waals surface area contributed by atoms with Gasteiger partial charge in [-0.3, -0.25) is 0 Å². The average Bonchev–Trinajstić information content (AvgIpc) is 2.91. The Morgan fingerprint density at radius 1 is 1.40 bits per heavy atom. The molecule has 0 radical (unpaired) electrons. The van der Waals surface area contributed by atoms with Crippen LogP contribution in [0.5, 0.6) is 0 Å². The Balaban J connectivity index is 1.74. The van der Waals surface area contributed by atoms with Crippen molar-refractivity contribution in [1.29, 1.82) is 0 Å². The van der Waals surface area contributed by atoms with Gasteiger partial charge in [-0.05, 0) is 25.3 Å². The highest BCUT2D eigenvalue weighted by Crippen LogP contribution is 2.37. The minimum absolute atomic E-state index is 0.0382.